The summed E-state index contributed by atoms with van der Waals surface area (Å²) >= 11 is 0. The van der Waals surface area contributed by atoms with Crippen molar-refractivity contribution in [3.05, 3.63) is 35.9 Å². The van der Waals surface area contributed by atoms with E-state index >= 15 is 0 Å². The average Bonchev–Trinajstić information content (AvgIpc) is 2.27. The number of carbonyl (C=O) groups is 1. The molecule has 0 saturated heterocycles. The first-order valence-electron chi connectivity index (χ1n) is 5.73. The largest absolute Gasteiger partial charge is 0.481 e. The summed E-state index contributed by atoms with van der Waals surface area (Å²) in [7, 11) is -4.54. The lowest BCUT2D eigenvalue weighted by molar-refractivity contribution is -0.137. The van der Waals surface area contributed by atoms with Gasteiger partial charge in [0.05, 0.1) is 0 Å². The summed E-state index contributed by atoms with van der Waals surface area (Å²) in [5, 5.41) is 8.73. The van der Waals surface area contributed by atoms with Crippen molar-refractivity contribution in [2.75, 3.05) is 0 Å². The number of carboxylic acids is 1. The van der Waals surface area contributed by atoms with Gasteiger partial charge in [-0.3, -0.25) is 9.36 Å². The second-order valence-corrected chi connectivity index (χ2v) is 5.98. The molecule has 0 aromatic heterocycles. The van der Waals surface area contributed by atoms with E-state index in [1.165, 1.54) is 0 Å². The third-order valence-electron chi connectivity index (χ3n) is 2.73. The van der Waals surface area contributed by atoms with Crippen molar-refractivity contribution >= 4 is 13.6 Å². The Hall–Kier alpha value is -1.16. The Morgan fingerprint density at radius 1 is 1.17 bits per heavy atom. The first kappa shape index (κ1) is 14.9. The Morgan fingerprint density at radius 2 is 1.78 bits per heavy atom. The van der Waals surface area contributed by atoms with E-state index in [0.717, 1.165) is 12.0 Å². The second kappa shape index (κ2) is 6.69. The van der Waals surface area contributed by atoms with Crippen LogP contribution >= 0.6 is 7.60 Å². The zero-order chi connectivity index (χ0) is 13.6. The van der Waals surface area contributed by atoms with Gasteiger partial charge < -0.3 is 14.9 Å². The zero-order valence-corrected chi connectivity index (χ0v) is 10.8. The van der Waals surface area contributed by atoms with Crippen LogP contribution in [0, 0.1) is 0 Å². The van der Waals surface area contributed by atoms with Crippen LogP contribution in [0.15, 0.2) is 30.3 Å². The SMILES string of the molecule is O=C(O)C(CCCCc1ccccc1)P(=O)(O)O. The van der Waals surface area contributed by atoms with Gasteiger partial charge in [-0.25, -0.2) is 0 Å². The van der Waals surface area contributed by atoms with Crippen molar-refractivity contribution < 1.29 is 24.3 Å². The lowest BCUT2D eigenvalue weighted by Crippen LogP contribution is -2.20. The molecule has 1 aromatic carbocycles. The van der Waals surface area contributed by atoms with E-state index in [1.807, 2.05) is 30.3 Å². The Kier molecular flexibility index (Phi) is 5.54. The van der Waals surface area contributed by atoms with Crippen LogP contribution in [0.4, 0.5) is 0 Å². The number of aliphatic carboxylic acids is 1. The van der Waals surface area contributed by atoms with Gasteiger partial charge in [-0.2, -0.15) is 0 Å². The van der Waals surface area contributed by atoms with Gasteiger partial charge in [-0.1, -0.05) is 36.8 Å². The van der Waals surface area contributed by atoms with Crippen molar-refractivity contribution in [2.45, 2.75) is 31.3 Å². The molecule has 0 heterocycles. The maximum atomic E-state index is 11.0. The third kappa shape index (κ3) is 5.00. The van der Waals surface area contributed by atoms with Crippen LogP contribution in [0.5, 0.6) is 0 Å². The van der Waals surface area contributed by atoms with E-state index in [4.69, 9.17) is 14.9 Å². The standard InChI is InChI=1S/C12H17O5P/c13-12(14)11(18(15,16)17)9-5-4-8-10-6-2-1-3-7-10/h1-3,6-7,11H,4-5,8-9H2,(H,13,14)(H2,15,16,17). The van der Waals surface area contributed by atoms with Crippen molar-refractivity contribution in [3.63, 3.8) is 0 Å². The van der Waals surface area contributed by atoms with Crippen LogP contribution in [-0.4, -0.2) is 26.5 Å². The molecule has 5 nitrogen and oxygen atoms in total. The molecule has 18 heavy (non-hydrogen) atoms. The smallest absolute Gasteiger partial charge is 0.339 e. The topological polar surface area (TPSA) is 94.8 Å². The molecule has 0 aliphatic heterocycles. The number of unbranched alkanes of at least 4 members (excludes halogenated alkanes) is 1. The molecule has 1 atom stereocenters. The van der Waals surface area contributed by atoms with E-state index in [2.05, 4.69) is 0 Å². The van der Waals surface area contributed by atoms with Crippen molar-refractivity contribution in [2.24, 2.45) is 0 Å². The number of hydrogen-bond donors (Lipinski definition) is 3. The van der Waals surface area contributed by atoms with Gasteiger partial charge in [0.15, 0.2) is 5.66 Å². The van der Waals surface area contributed by atoms with Gasteiger partial charge in [-0.15, -0.1) is 0 Å². The fourth-order valence-electron chi connectivity index (χ4n) is 1.75. The molecule has 0 spiro atoms. The highest BCUT2D eigenvalue weighted by atomic mass is 31.2. The van der Waals surface area contributed by atoms with Crippen LogP contribution in [0.25, 0.3) is 0 Å². The van der Waals surface area contributed by atoms with Gasteiger partial charge in [0.1, 0.15) is 0 Å². The summed E-state index contributed by atoms with van der Waals surface area (Å²) in [5.74, 6) is -1.43. The van der Waals surface area contributed by atoms with E-state index in [9.17, 15) is 9.36 Å². The molecule has 1 aromatic rings. The highest BCUT2D eigenvalue weighted by molar-refractivity contribution is 7.53. The molecule has 0 bridgehead atoms. The van der Waals surface area contributed by atoms with Crippen LogP contribution in [-0.2, 0) is 15.8 Å². The monoisotopic (exact) mass is 272 g/mol. The van der Waals surface area contributed by atoms with E-state index < -0.39 is 19.2 Å². The molecule has 0 radical (unpaired) electrons. The highest BCUT2D eigenvalue weighted by Gasteiger charge is 2.34. The van der Waals surface area contributed by atoms with Crippen LogP contribution in [0.2, 0.25) is 0 Å². The van der Waals surface area contributed by atoms with Crippen LogP contribution in [0.3, 0.4) is 0 Å². The van der Waals surface area contributed by atoms with E-state index in [0.29, 0.717) is 12.8 Å². The molecule has 100 valence electrons. The molecule has 0 amide bonds. The van der Waals surface area contributed by atoms with Crippen molar-refractivity contribution in [1.29, 1.82) is 0 Å². The van der Waals surface area contributed by atoms with E-state index in [-0.39, 0.29) is 6.42 Å². The molecule has 0 aliphatic carbocycles. The number of aryl methyl sites for hydroxylation is 1. The molecule has 0 fully saturated rings. The maximum Gasteiger partial charge on any atom is 0.339 e. The quantitative estimate of drug-likeness (QED) is 0.521. The Morgan fingerprint density at radius 3 is 2.28 bits per heavy atom. The summed E-state index contributed by atoms with van der Waals surface area (Å²) in [4.78, 5) is 28.5. The van der Waals surface area contributed by atoms with Gasteiger partial charge >= 0.3 is 13.6 Å². The fraction of sp³-hybridized carbons (Fsp3) is 0.417. The van der Waals surface area contributed by atoms with Crippen LogP contribution < -0.4 is 0 Å². The van der Waals surface area contributed by atoms with Gasteiger partial charge in [0.2, 0.25) is 0 Å². The minimum Gasteiger partial charge on any atom is -0.481 e. The van der Waals surface area contributed by atoms with Gasteiger partial charge in [0.25, 0.3) is 0 Å². The Bertz CT molecular complexity index is 425. The third-order valence-corrected chi connectivity index (χ3v) is 4.02. The Balaban J connectivity index is 2.37. The summed E-state index contributed by atoms with van der Waals surface area (Å²) < 4.78 is 11.0. The molecule has 1 unspecified atom stereocenters. The number of carboxylic acid groups (broad SMARTS) is 1. The summed E-state index contributed by atoms with van der Waals surface area (Å²) in [6.07, 6.45) is 1.99. The predicted molar refractivity (Wildman–Crippen MR) is 67.5 cm³/mol. The maximum absolute atomic E-state index is 11.0. The van der Waals surface area contributed by atoms with Crippen LogP contribution in [0.1, 0.15) is 24.8 Å². The Labute approximate surface area is 106 Å². The minimum atomic E-state index is -4.54. The molecule has 6 heteroatoms. The summed E-state index contributed by atoms with van der Waals surface area (Å²) in [5.41, 5.74) is -0.436. The summed E-state index contributed by atoms with van der Waals surface area (Å²) in [6, 6.07) is 9.70. The predicted octanol–water partition coefficient (Wildman–Crippen LogP) is 2.03. The fourth-order valence-corrected chi connectivity index (χ4v) is 2.55. The first-order valence-corrected chi connectivity index (χ1v) is 7.41. The zero-order valence-electron chi connectivity index (χ0n) is 9.90. The van der Waals surface area contributed by atoms with Gasteiger partial charge in [-0.05, 0) is 24.8 Å². The highest BCUT2D eigenvalue weighted by Crippen LogP contribution is 2.43. The minimum absolute atomic E-state index is 0.00639. The normalized spacial score (nSPS) is 13.2. The summed E-state index contributed by atoms with van der Waals surface area (Å²) in [6.45, 7) is 0. The molecule has 0 aliphatic rings. The van der Waals surface area contributed by atoms with Gasteiger partial charge in [0, 0.05) is 0 Å². The lowest BCUT2D eigenvalue weighted by Gasteiger charge is -2.13. The molecule has 0 saturated carbocycles. The number of hydrogen-bond acceptors (Lipinski definition) is 2. The van der Waals surface area contributed by atoms with Crippen molar-refractivity contribution in [1.82, 2.24) is 0 Å². The number of rotatable bonds is 7. The second-order valence-electron chi connectivity index (χ2n) is 4.17. The first-order chi connectivity index (χ1) is 8.41. The number of benzene rings is 1. The average molecular weight is 272 g/mol. The van der Waals surface area contributed by atoms with Crippen molar-refractivity contribution in [3.8, 4) is 0 Å². The molecule has 1 rings (SSSR count). The molecular weight excluding hydrogens is 255 g/mol. The molecular formula is C12H17O5P. The lowest BCUT2D eigenvalue weighted by atomic mass is 10.1. The van der Waals surface area contributed by atoms with E-state index in [1.54, 1.807) is 0 Å². The molecule has 3 N–H and O–H groups in total.